The first-order valence-corrected chi connectivity index (χ1v) is 7.50. The summed E-state index contributed by atoms with van der Waals surface area (Å²) in [5.41, 5.74) is 0. The summed E-state index contributed by atoms with van der Waals surface area (Å²) in [5, 5.41) is 11.6. The van der Waals surface area contributed by atoms with Crippen molar-refractivity contribution in [2.24, 2.45) is 5.92 Å². The van der Waals surface area contributed by atoms with Crippen molar-refractivity contribution in [3.05, 3.63) is 5.89 Å². The third-order valence-electron chi connectivity index (χ3n) is 3.34. The highest BCUT2D eigenvalue weighted by Gasteiger charge is 2.32. The van der Waals surface area contributed by atoms with E-state index < -0.39 is 0 Å². The summed E-state index contributed by atoms with van der Waals surface area (Å²) in [5.74, 6) is 1.40. The minimum atomic E-state index is 0.621. The van der Waals surface area contributed by atoms with E-state index in [2.05, 4.69) is 41.2 Å². The molecule has 1 aromatic heterocycles. The number of anilines is 1. The van der Waals surface area contributed by atoms with Crippen LogP contribution in [0.5, 0.6) is 0 Å². The van der Waals surface area contributed by atoms with Crippen LogP contribution in [0.3, 0.4) is 0 Å². The smallest absolute Gasteiger partial charge is 0.318 e. The standard InChI is InChI=1S/C14H26N4O/c1-4-8-15-10-13-16-17-14(19-13)18(12-5-6-12)9-7-11(2)3/h11-12,15H,4-10H2,1-3H3. The van der Waals surface area contributed by atoms with E-state index >= 15 is 0 Å². The molecule has 0 atom stereocenters. The Morgan fingerprint density at radius 2 is 2.16 bits per heavy atom. The largest absolute Gasteiger partial charge is 0.407 e. The summed E-state index contributed by atoms with van der Waals surface area (Å²) in [4.78, 5) is 2.29. The van der Waals surface area contributed by atoms with Crippen molar-refractivity contribution in [1.82, 2.24) is 15.5 Å². The number of hydrogen-bond donors (Lipinski definition) is 1. The van der Waals surface area contributed by atoms with Gasteiger partial charge in [0.2, 0.25) is 5.89 Å². The molecular weight excluding hydrogens is 240 g/mol. The molecule has 108 valence electrons. The second-order valence-electron chi connectivity index (χ2n) is 5.76. The molecule has 0 unspecified atom stereocenters. The predicted octanol–water partition coefficient (Wildman–Crippen LogP) is 2.58. The van der Waals surface area contributed by atoms with Gasteiger partial charge in [-0.3, -0.25) is 0 Å². The highest BCUT2D eigenvalue weighted by Crippen LogP contribution is 2.31. The highest BCUT2D eigenvalue weighted by molar-refractivity contribution is 5.29. The van der Waals surface area contributed by atoms with E-state index in [0.29, 0.717) is 30.4 Å². The molecule has 1 saturated carbocycles. The van der Waals surface area contributed by atoms with E-state index in [1.54, 1.807) is 0 Å². The van der Waals surface area contributed by atoms with Crippen LogP contribution >= 0.6 is 0 Å². The van der Waals surface area contributed by atoms with Gasteiger partial charge < -0.3 is 14.6 Å². The molecule has 0 bridgehead atoms. The zero-order valence-corrected chi connectivity index (χ0v) is 12.4. The molecule has 0 aliphatic heterocycles. The van der Waals surface area contributed by atoms with Crippen molar-refractivity contribution < 1.29 is 4.42 Å². The first kappa shape index (κ1) is 14.3. The molecule has 1 N–H and O–H groups in total. The van der Waals surface area contributed by atoms with Gasteiger partial charge in [0.25, 0.3) is 0 Å². The van der Waals surface area contributed by atoms with Crippen molar-refractivity contribution >= 4 is 6.01 Å². The SMILES string of the molecule is CCCNCc1nnc(N(CCC(C)C)C2CC2)o1. The third kappa shape index (κ3) is 4.49. The zero-order chi connectivity index (χ0) is 13.7. The quantitative estimate of drug-likeness (QED) is 0.696. The lowest BCUT2D eigenvalue weighted by Gasteiger charge is -2.20. The Bertz CT molecular complexity index is 373. The van der Waals surface area contributed by atoms with Gasteiger partial charge in [-0.1, -0.05) is 25.9 Å². The molecule has 1 fully saturated rings. The average Bonchev–Trinajstić information content (AvgIpc) is 3.10. The average molecular weight is 266 g/mol. The van der Waals surface area contributed by atoms with Crippen LogP contribution in [0.15, 0.2) is 4.42 Å². The molecule has 5 nitrogen and oxygen atoms in total. The fourth-order valence-electron chi connectivity index (χ4n) is 2.02. The van der Waals surface area contributed by atoms with Gasteiger partial charge in [-0.05, 0) is 38.1 Å². The topological polar surface area (TPSA) is 54.2 Å². The zero-order valence-electron chi connectivity index (χ0n) is 12.4. The first-order chi connectivity index (χ1) is 9.20. The second-order valence-corrected chi connectivity index (χ2v) is 5.76. The first-order valence-electron chi connectivity index (χ1n) is 7.50. The number of aromatic nitrogens is 2. The van der Waals surface area contributed by atoms with E-state index in [-0.39, 0.29) is 0 Å². The van der Waals surface area contributed by atoms with Gasteiger partial charge in [-0.15, -0.1) is 5.10 Å². The second kappa shape index (κ2) is 6.89. The molecule has 5 heteroatoms. The fraction of sp³-hybridized carbons (Fsp3) is 0.857. The van der Waals surface area contributed by atoms with Crippen LogP contribution in [0.25, 0.3) is 0 Å². The monoisotopic (exact) mass is 266 g/mol. The maximum Gasteiger partial charge on any atom is 0.318 e. The minimum absolute atomic E-state index is 0.621. The molecule has 1 heterocycles. The summed E-state index contributed by atoms with van der Waals surface area (Å²) in [7, 11) is 0. The van der Waals surface area contributed by atoms with Gasteiger partial charge >= 0.3 is 6.01 Å². The van der Waals surface area contributed by atoms with Crippen molar-refractivity contribution in [3.63, 3.8) is 0 Å². The van der Waals surface area contributed by atoms with Crippen LogP contribution in [0.4, 0.5) is 6.01 Å². The van der Waals surface area contributed by atoms with E-state index in [4.69, 9.17) is 4.42 Å². The minimum Gasteiger partial charge on any atom is -0.407 e. The van der Waals surface area contributed by atoms with Crippen LogP contribution < -0.4 is 10.2 Å². The van der Waals surface area contributed by atoms with E-state index in [1.807, 2.05) is 0 Å². The lowest BCUT2D eigenvalue weighted by atomic mass is 10.1. The van der Waals surface area contributed by atoms with Gasteiger partial charge in [0.05, 0.1) is 6.54 Å². The lowest BCUT2D eigenvalue weighted by Crippen LogP contribution is -2.28. The third-order valence-corrected chi connectivity index (χ3v) is 3.34. The van der Waals surface area contributed by atoms with Crippen LogP contribution in [-0.4, -0.2) is 29.3 Å². The maximum absolute atomic E-state index is 5.77. The van der Waals surface area contributed by atoms with Crippen LogP contribution in [0, 0.1) is 5.92 Å². The van der Waals surface area contributed by atoms with Crippen molar-refractivity contribution in [1.29, 1.82) is 0 Å². The van der Waals surface area contributed by atoms with Gasteiger partial charge in [0.15, 0.2) is 0 Å². The van der Waals surface area contributed by atoms with Crippen LogP contribution in [0.1, 0.15) is 52.3 Å². The Kier molecular flexibility index (Phi) is 5.19. The van der Waals surface area contributed by atoms with E-state index in [1.165, 1.54) is 19.3 Å². The molecule has 1 aliphatic rings. The van der Waals surface area contributed by atoms with Crippen molar-refractivity contribution in [2.45, 2.75) is 59.0 Å². The highest BCUT2D eigenvalue weighted by atomic mass is 16.4. The fourth-order valence-corrected chi connectivity index (χ4v) is 2.02. The Hall–Kier alpha value is -1.10. The summed E-state index contributed by atoms with van der Waals surface area (Å²) in [6, 6.07) is 1.33. The maximum atomic E-state index is 5.77. The van der Waals surface area contributed by atoms with Gasteiger partial charge in [0.1, 0.15) is 0 Å². The van der Waals surface area contributed by atoms with Crippen molar-refractivity contribution in [2.75, 3.05) is 18.0 Å². The summed E-state index contributed by atoms with van der Waals surface area (Å²) in [6.07, 6.45) is 4.79. The molecule has 1 aliphatic carbocycles. The molecule has 1 aromatic rings. The van der Waals surface area contributed by atoms with E-state index in [9.17, 15) is 0 Å². The normalized spacial score (nSPS) is 15.2. The number of rotatable bonds is 9. The molecule has 2 rings (SSSR count). The Morgan fingerprint density at radius 3 is 2.79 bits per heavy atom. The molecule has 0 radical (unpaired) electrons. The van der Waals surface area contributed by atoms with Gasteiger partial charge in [-0.25, -0.2) is 0 Å². The Morgan fingerprint density at radius 1 is 1.37 bits per heavy atom. The van der Waals surface area contributed by atoms with Gasteiger partial charge in [0, 0.05) is 12.6 Å². The number of hydrogen-bond acceptors (Lipinski definition) is 5. The molecule has 0 aromatic carbocycles. The number of nitrogens with one attached hydrogen (secondary N) is 1. The molecular formula is C14H26N4O. The summed E-state index contributed by atoms with van der Waals surface area (Å²) < 4.78 is 5.77. The Balaban J connectivity index is 1.89. The summed E-state index contributed by atoms with van der Waals surface area (Å²) in [6.45, 7) is 9.32. The Labute approximate surface area is 115 Å². The van der Waals surface area contributed by atoms with Crippen LogP contribution in [-0.2, 0) is 6.54 Å². The lowest BCUT2D eigenvalue weighted by molar-refractivity contribution is 0.452. The van der Waals surface area contributed by atoms with E-state index in [0.717, 1.165) is 19.5 Å². The predicted molar refractivity (Wildman–Crippen MR) is 76.1 cm³/mol. The molecule has 19 heavy (non-hydrogen) atoms. The molecule has 0 saturated heterocycles. The van der Waals surface area contributed by atoms with Crippen molar-refractivity contribution in [3.8, 4) is 0 Å². The molecule has 0 amide bonds. The molecule has 0 spiro atoms. The van der Waals surface area contributed by atoms with Gasteiger partial charge in [-0.2, -0.15) is 0 Å². The van der Waals surface area contributed by atoms with Crippen LogP contribution in [0.2, 0.25) is 0 Å². The summed E-state index contributed by atoms with van der Waals surface area (Å²) >= 11 is 0. The number of nitrogens with zero attached hydrogens (tertiary/aromatic N) is 3.